The second-order valence-corrected chi connectivity index (χ2v) is 2.87. The second-order valence-electron chi connectivity index (χ2n) is 2.31. The standard InChI is InChI=1S/C7H8BrFO/c1-7(9,5-8)6-3-2-4-10-6/h2-4H,5H2,1H3/t7-/m0/s1. The Kier molecular flexibility index (Phi) is 2.14. The summed E-state index contributed by atoms with van der Waals surface area (Å²) in [4.78, 5) is 0. The molecule has 0 N–H and O–H groups in total. The molecule has 0 aliphatic rings. The molecule has 56 valence electrons. The maximum atomic E-state index is 13.2. The lowest BCUT2D eigenvalue weighted by Crippen LogP contribution is -2.15. The number of hydrogen-bond acceptors (Lipinski definition) is 1. The van der Waals surface area contributed by atoms with E-state index in [9.17, 15) is 4.39 Å². The SMILES string of the molecule is C[C@](F)(CBr)c1ccco1. The van der Waals surface area contributed by atoms with Gasteiger partial charge in [0.2, 0.25) is 0 Å². The fourth-order valence-corrected chi connectivity index (χ4v) is 0.917. The fourth-order valence-electron chi connectivity index (χ4n) is 0.641. The lowest BCUT2D eigenvalue weighted by molar-refractivity contribution is 0.186. The van der Waals surface area contributed by atoms with E-state index in [1.165, 1.54) is 13.2 Å². The number of alkyl halides is 2. The third kappa shape index (κ3) is 1.40. The summed E-state index contributed by atoms with van der Waals surface area (Å²) in [6, 6.07) is 3.30. The van der Waals surface area contributed by atoms with E-state index >= 15 is 0 Å². The highest BCUT2D eigenvalue weighted by Crippen LogP contribution is 2.27. The number of hydrogen-bond donors (Lipinski definition) is 0. The molecule has 0 aliphatic heterocycles. The molecule has 3 heteroatoms. The van der Waals surface area contributed by atoms with E-state index in [-0.39, 0.29) is 5.33 Å². The van der Waals surface area contributed by atoms with Crippen molar-refractivity contribution in [1.29, 1.82) is 0 Å². The van der Waals surface area contributed by atoms with Crippen molar-refractivity contribution in [3.63, 3.8) is 0 Å². The molecule has 0 saturated heterocycles. The molecule has 0 saturated carbocycles. The third-order valence-corrected chi connectivity index (χ3v) is 2.34. The molecule has 0 fully saturated rings. The molecule has 10 heavy (non-hydrogen) atoms. The molecule has 0 spiro atoms. The minimum atomic E-state index is -1.39. The quantitative estimate of drug-likeness (QED) is 0.679. The van der Waals surface area contributed by atoms with Gasteiger partial charge < -0.3 is 4.42 Å². The Hall–Kier alpha value is -0.310. The monoisotopic (exact) mass is 206 g/mol. The Morgan fingerprint density at radius 3 is 2.90 bits per heavy atom. The van der Waals surface area contributed by atoms with Crippen molar-refractivity contribution in [1.82, 2.24) is 0 Å². The third-order valence-electron chi connectivity index (χ3n) is 1.29. The van der Waals surface area contributed by atoms with Gasteiger partial charge in [-0.2, -0.15) is 0 Å². The Bertz CT molecular complexity index is 193. The van der Waals surface area contributed by atoms with Crippen molar-refractivity contribution in [2.45, 2.75) is 12.6 Å². The molecule has 1 heterocycles. The molecule has 0 amide bonds. The van der Waals surface area contributed by atoms with Crippen LogP contribution >= 0.6 is 15.9 Å². The summed E-state index contributed by atoms with van der Waals surface area (Å²) in [6.45, 7) is 1.47. The normalized spacial score (nSPS) is 16.7. The summed E-state index contributed by atoms with van der Waals surface area (Å²) in [7, 11) is 0. The van der Waals surface area contributed by atoms with Crippen molar-refractivity contribution in [3.8, 4) is 0 Å². The predicted octanol–water partition coefficient (Wildman–Crippen LogP) is 2.86. The Morgan fingerprint density at radius 2 is 2.50 bits per heavy atom. The van der Waals surface area contributed by atoms with E-state index < -0.39 is 5.67 Å². The van der Waals surface area contributed by atoms with Gasteiger partial charge in [-0.3, -0.25) is 0 Å². The summed E-state index contributed by atoms with van der Waals surface area (Å²) in [5.74, 6) is 0.365. The van der Waals surface area contributed by atoms with E-state index in [0.29, 0.717) is 5.76 Å². The van der Waals surface area contributed by atoms with Crippen LogP contribution in [0.4, 0.5) is 4.39 Å². The van der Waals surface area contributed by atoms with Crippen LogP contribution in [0.3, 0.4) is 0 Å². The van der Waals surface area contributed by atoms with Crippen LogP contribution in [0.2, 0.25) is 0 Å². The molecular formula is C7H8BrFO. The number of furan rings is 1. The maximum absolute atomic E-state index is 13.2. The average Bonchev–Trinajstić information content (AvgIpc) is 2.38. The molecule has 1 rings (SSSR count). The van der Waals surface area contributed by atoms with Gasteiger partial charge in [-0.05, 0) is 19.1 Å². The Balaban J connectivity index is 2.85. The number of halogens is 2. The van der Waals surface area contributed by atoms with Crippen LogP contribution < -0.4 is 0 Å². The van der Waals surface area contributed by atoms with Gasteiger partial charge in [-0.25, -0.2) is 4.39 Å². The van der Waals surface area contributed by atoms with Gasteiger partial charge in [0.05, 0.1) is 6.26 Å². The van der Waals surface area contributed by atoms with Crippen molar-refractivity contribution in [3.05, 3.63) is 24.2 Å². The summed E-state index contributed by atoms with van der Waals surface area (Å²) in [5.41, 5.74) is -1.39. The minimum Gasteiger partial charge on any atom is -0.466 e. The maximum Gasteiger partial charge on any atom is 0.174 e. The van der Waals surface area contributed by atoms with E-state index in [0.717, 1.165) is 0 Å². The Labute approximate surface area is 67.4 Å². The Morgan fingerprint density at radius 1 is 1.80 bits per heavy atom. The smallest absolute Gasteiger partial charge is 0.174 e. The van der Waals surface area contributed by atoms with Crippen LogP contribution in [-0.4, -0.2) is 5.33 Å². The zero-order valence-electron chi connectivity index (χ0n) is 5.60. The summed E-state index contributed by atoms with van der Waals surface area (Å²) < 4.78 is 18.1. The fraction of sp³-hybridized carbons (Fsp3) is 0.429. The molecule has 0 radical (unpaired) electrons. The largest absolute Gasteiger partial charge is 0.466 e. The average molecular weight is 207 g/mol. The topological polar surface area (TPSA) is 13.1 Å². The van der Waals surface area contributed by atoms with Gasteiger partial charge in [0.15, 0.2) is 5.67 Å². The van der Waals surface area contributed by atoms with Crippen LogP contribution in [0.5, 0.6) is 0 Å². The molecule has 0 aromatic carbocycles. The highest BCUT2D eigenvalue weighted by Gasteiger charge is 2.26. The predicted molar refractivity (Wildman–Crippen MR) is 41.0 cm³/mol. The lowest BCUT2D eigenvalue weighted by atomic mass is 10.1. The van der Waals surface area contributed by atoms with Gasteiger partial charge >= 0.3 is 0 Å². The van der Waals surface area contributed by atoms with Gasteiger partial charge in [0.25, 0.3) is 0 Å². The summed E-state index contributed by atoms with van der Waals surface area (Å²) >= 11 is 3.06. The van der Waals surface area contributed by atoms with Crippen molar-refractivity contribution < 1.29 is 8.81 Å². The molecule has 0 bridgehead atoms. The van der Waals surface area contributed by atoms with Gasteiger partial charge in [-0.1, -0.05) is 15.9 Å². The van der Waals surface area contributed by atoms with Crippen molar-refractivity contribution >= 4 is 15.9 Å². The zero-order chi connectivity index (χ0) is 7.61. The first-order valence-electron chi connectivity index (χ1n) is 2.95. The molecular weight excluding hydrogens is 199 g/mol. The first-order valence-corrected chi connectivity index (χ1v) is 4.08. The second kappa shape index (κ2) is 2.74. The summed E-state index contributed by atoms with van der Waals surface area (Å²) in [5, 5.41) is 0.257. The van der Waals surface area contributed by atoms with E-state index in [1.54, 1.807) is 12.1 Å². The van der Waals surface area contributed by atoms with Crippen LogP contribution in [0, 0.1) is 0 Å². The van der Waals surface area contributed by atoms with Crippen LogP contribution in [-0.2, 0) is 5.67 Å². The summed E-state index contributed by atoms with van der Waals surface area (Å²) in [6.07, 6.45) is 1.47. The highest BCUT2D eigenvalue weighted by atomic mass is 79.9. The van der Waals surface area contributed by atoms with Crippen LogP contribution in [0.1, 0.15) is 12.7 Å². The van der Waals surface area contributed by atoms with E-state index in [4.69, 9.17) is 4.42 Å². The van der Waals surface area contributed by atoms with Gasteiger partial charge in [0, 0.05) is 5.33 Å². The van der Waals surface area contributed by atoms with Crippen molar-refractivity contribution in [2.75, 3.05) is 5.33 Å². The number of rotatable bonds is 2. The minimum absolute atomic E-state index is 0.257. The first-order chi connectivity index (χ1) is 4.67. The lowest BCUT2D eigenvalue weighted by Gasteiger charge is -2.12. The zero-order valence-corrected chi connectivity index (χ0v) is 7.19. The van der Waals surface area contributed by atoms with Crippen LogP contribution in [0.25, 0.3) is 0 Å². The van der Waals surface area contributed by atoms with Gasteiger partial charge in [0.1, 0.15) is 5.76 Å². The first kappa shape index (κ1) is 7.79. The van der Waals surface area contributed by atoms with Crippen molar-refractivity contribution in [2.24, 2.45) is 0 Å². The molecule has 0 aliphatic carbocycles. The van der Waals surface area contributed by atoms with Gasteiger partial charge in [-0.15, -0.1) is 0 Å². The molecule has 1 aromatic rings. The molecule has 1 aromatic heterocycles. The molecule has 1 atom stereocenters. The molecule has 0 unspecified atom stereocenters. The van der Waals surface area contributed by atoms with E-state index in [2.05, 4.69) is 15.9 Å². The molecule has 1 nitrogen and oxygen atoms in total. The van der Waals surface area contributed by atoms with Crippen LogP contribution in [0.15, 0.2) is 22.8 Å². The van der Waals surface area contributed by atoms with E-state index in [1.807, 2.05) is 0 Å². The highest BCUT2D eigenvalue weighted by molar-refractivity contribution is 9.09.